The minimum absolute atomic E-state index is 0.0168. The number of halogens is 2. The summed E-state index contributed by atoms with van der Waals surface area (Å²) in [7, 11) is 0. The van der Waals surface area contributed by atoms with Gasteiger partial charge in [0.25, 0.3) is 0 Å². The predicted molar refractivity (Wildman–Crippen MR) is 107 cm³/mol. The van der Waals surface area contributed by atoms with Crippen molar-refractivity contribution in [3.8, 4) is 0 Å². The van der Waals surface area contributed by atoms with Crippen molar-refractivity contribution in [3.63, 3.8) is 0 Å². The lowest BCUT2D eigenvalue weighted by Crippen LogP contribution is -2.39. The van der Waals surface area contributed by atoms with E-state index in [1.54, 1.807) is 4.90 Å². The Bertz CT molecular complexity index is 814. The summed E-state index contributed by atoms with van der Waals surface area (Å²) in [5.41, 5.74) is 1.76. The molecule has 2 rings (SSSR count). The highest BCUT2D eigenvalue weighted by molar-refractivity contribution is 6.30. The highest BCUT2D eigenvalue weighted by atomic mass is 35.5. The standard InChI is InChI=1S/C20H23ClFN3O2/c1-3-10-25(12-19(26)23-17-7-5-4-6-14(17)2)13-20(27)24-18-9-8-15(21)11-16(18)22/h4-9,11H,3,10,12-13H2,1-2H3,(H,23,26)(H,24,27). The van der Waals surface area contributed by atoms with Gasteiger partial charge < -0.3 is 10.6 Å². The molecule has 0 unspecified atom stereocenters. The van der Waals surface area contributed by atoms with Crippen LogP contribution in [0.1, 0.15) is 18.9 Å². The molecule has 0 heterocycles. The molecule has 7 heteroatoms. The zero-order chi connectivity index (χ0) is 19.8. The van der Waals surface area contributed by atoms with Gasteiger partial charge in [-0.25, -0.2) is 4.39 Å². The first-order valence-electron chi connectivity index (χ1n) is 8.71. The van der Waals surface area contributed by atoms with E-state index in [1.165, 1.54) is 12.1 Å². The number of carbonyl (C=O) groups excluding carboxylic acids is 2. The fourth-order valence-electron chi connectivity index (χ4n) is 2.62. The highest BCUT2D eigenvalue weighted by Gasteiger charge is 2.16. The van der Waals surface area contributed by atoms with E-state index < -0.39 is 11.7 Å². The van der Waals surface area contributed by atoms with E-state index in [1.807, 2.05) is 38.1 Å². The van der Waals surface area contributed by atoms with Gasteiger partial charge in [0.05, 0.1) is 18.8 Å². The third-order valence-corrected chi connectivity index (χ3v) is 4.13. The van der Waals surface area contributed by atoms with Crippen molar-refractivity contribution in [3.05, 3.63) is 58.9 Å². The van der Waals surface area contributed by atoms with E-state index in [0.717, 1.165) is 23.7 Å². The zero-order valence-electron chi connectivity index (χ0n) is 15.4. The van der Waals surface area contributed by atoms with Crippen LogP contribution in [0.4, 0.5) is 15.8 Å². The summed E-state index contributed by atoms with van der Waals surface area (Å²) in [5.74, 6) is -1.20. The van der Waals surface area contributed by atoms with Crippen LogP contribution in [0.15, 0.2) is 42.5 Å². The number of carbonyl (C=O) groups is 2. The lowest BCUT2D eigenvalue weighted by atomic mass is 10.2. The van der Waals surface area contributed by atoms with Gasteiger partial charge in [0.2, 0.25) is 11.8 Å². The summed E-state index contributed by atoms with van der Waals surface area (Å²) >= 11 is 5.71. The van der Waals surface area contributed by atoms with Crippen molar-refractivity contribution in [1.29, 1.82) is 0 Å². The van der Waals surface area contributed by atoms with Crippen LogP contribution in [-0.2, 0) is 9.59 Å². The number of hydrogen-bond acceptors (Lipinski definition) is 3. The highest BCUT2D eigenvalue weighted by Crippen LogP contribution is 2.19. The summed E-state index contributed by atoms with van der Waals surface area (Å²) in [6.07, 6.45) is 0.778. The summed E-state index contributed by atoms with van der Waals surface area (Å²) in [6.45, 7) is 4.49. The van der Waals surface area contributed by atoms with Crippen molar-refractivity contribution in [2.24, 2.45) is 0 Å². The molecule has 2 amide bonds. The van der Waals surface area contributed by atoms with Gasteiger partial charge in [-0.05, 0) is 49.7 Å². The predicted octanol–water partition coefficient (Wildman–Crippen LogP) is 4.08. The maximum atomic E-state index is 13.8. The molecule has 27 heavy (non-hydrogen) atoms. The molecule has 144 valence electrons. The molecule has 0 aliphatic heterocycles. The second-order valence-corrected chi connectivity index (χ2v) is 6.68. The van der Waals surface area contributed by atoms with Crippen LogP contribution in [0, 0.1) is 12.7 Å². The van der Waals surface area contributed by atoms with E-state index in [9.17, 15) is 14.0 Å². The van der Waals surface area contributed by atoms with E-state index in [2.05, 4.69) is 10.6 Å². The molecule has 0 saturated carbocycles. The molecular formula is C20H23ClFN3O2. The van der Waals surface area contributed by atoms with Gasteiger partial charge in [-0.1, -0.05) is 36.7 Å². The first-order chi connectivity index (χ1) is 12.9. The summed E-state index contributed by atoms with van der Waals surface area (Å²) < 4.78 is 13.8. The van der Waals surface area contributed by atoms with Crippen LogP contribution in [0.5, 0.6) is 0 Å². The Balaban J connectivity index is 1.94. The smallest absolute Gasteiger partial charge is 0.238 e. The molecule has 2 N–H and O–H groups in total. The van der Waals surface area contributed by atoms with Crippen LogP contribution < -0.4 is 10.6 Å². The van der Waals surface area contributed by atoms with Crippen molar-refractivity contribution in [1.82, 2.24) is 4.90 Å². The third-order valence-electron chi connectivity index (χ3n) is 3.90. The average Bonchev–Trinajstić information content (AvgIpc) is 2.59. The number of rotatable bonds is 8. The number of aryl methyl sites for hydroxylation is 1. The molecule has 0 radical (unpaired) electrons. The Kier molecular flexibility index (Phi) is 7.76. The van der Waals surface area contributed by atoms with Gasteiger partial charge in [0, 0.05) is 10.7 Å². The fraction of sp³-hybridized carbons (Fsp3) is 0.300. The first-order valence-corrected chi connectivity index (χ1v) is 9.09. The number of nitrogens with one attached hydrogen (secondary N) is 2. The molecule has 2 aromatic carbocycles. The van der Waals surface area contributed by atoms with Crippen molar-refractivity contribution < 1.29 is 14.0 Å². The molecule has 0 aliphatic carbocycles. The number of hydrogen-bond donors (Lipinski definition) is 2. The molecule has 5 nitrogen and oxygen atoms in total. The monoisotopic (exact) mass is 391 g/mol. The first kappa shape index (κ1) is 20.9. The van der Waals surface area contributed by atoms with Crippen molar-refractivity contribution in [2.45, 2.75) is 20.3 Å². The number of nitrogens with zero attached hydrogens (tertiary/aromatic N) is 1. The Morgan fingerprint density at radius 3 is 2.26 bits per heavy atom. The van der Waals surface area contributed by atoms with Crippen LogP contribution in [-0.4, -0.2) is 36.3 Å². The van der Waals surface area contributed by atoms with Gasteiger partial charge in [-0.2, -0.15) is 0 Å². The van der Waals surface area contributed by atoms with Crippen molar-refractivity contribution in [2.75, 3.05) is 30.3 Å². The quantitative estimate of drug-likeness (QED) is 0.712. The number of anilines is 2. The van der Waals surface area contributed by atoms with E-state index >= 15 is 0 Å². The van der Waals surface area contributed by atoms with Gasteiger partial charge in [-0.3, -0.25) is 14.5 Å². The summed E-state index contributed by atoms with van der Waals surface area (Å²) in [4.78, 5) is 26.3. The summed E-state index contributed by atoms with van der Waals surface area (Å²) in [6, 6.07) is 11.5. The minimum Gasteiger partial charge on any atom is -0.325 e. The Labute approximate surface area is 163 Å². The average molecular weight is 392 g/mol. The van der Waals surface area contributed by atoms with Crippen LogP contribution in [0.25, 0.3) is 0 Å². The maximum Gasteiger partial charge on any atom is 0.238 e. The molecule has 2 aromatic rings. The van der Waals surface area contributed by atoms with Crippen LogP contribution >= 0.6 is 11.6 Å². The molecule has 0 bridgehead atoms. The van der Waals surface area contributed by atoms with Gasteiger partial charge >= 0.3 is 0 Å². The molecule has 0 saturated heterocycles. The third kappa shape index (κ3) is 6.66. The second-order valence-electron chi connectivity index (χ2n) is 6.25. The van der Waals surface area contributed by atoms with Crippen LogP contribution in [0.2, 0.25) is 5.02 Å². The summed E-state index contributed by atoms with van der Waals surface area (Å²) in [5, 5.41) is 5.62. The lowest BCUT2D eigenvalue weighted by Gasteiger charge is -2.21. The minimum atomic E-state index is -0.602. The molecule has 0 fully saturated rings. The van der Waals surface area contributed by atoms with E-state index in [0.29, 0.717) is 6.54 Å². The zero-order valence-corrected chi connectivity index (χ0v) is 16.1. The Morgan fingerprint density at radius 2 is 1.67 bits per heavy atom. The molecular weight excluding hydrogens is 369 g/mol. The van der Waals surface area contributed by atoms with Crippen LogP contribution in [0.3, 0.4) is 0 Å². The van der Waals surface area contributed by atoms with E-state index in [4.69, 9.17) is 11.6 Å². The topological polar surface area (TPSA) is 61.4 Å². The van der Waals surface area contributed by atoms with Gasteiger partial charge in [0.1, 0.15) is 5.82 Å². The second kappa shape index (κ2) is 10.0. The number of para-hydroxylation sites is 1. The normalized spacial score (nSPS) is 10.7. The molecule has 0 atom stereocenters. The maximum absolute atomic E-state index is 13.8. The SMILES string of the molecule is CCCN(CC(=O)Nc1ccccc1C)CC(=O)Nc1ccc(Cl)cc1F. The fourth-order valence-corrected chi connectivity index (χ4v) is 2.78. The number of amides is 2. The molecule has 0 aromatic heterocycles. The lowest BCUT2D eigenvalue weighted by molar-refractivity contribution is -0.120. The van der Waals surface area contributed by atoms with Gasteiger partial charge in [0.15, 0.2) is 0 Å². The largest absolute Gasteiger partial charge is 0.325 e. The van der Waals surface area contributed by atoms with Gasteiger partial charge in [-0.15, -0.1) is 0 Å². The molecule has 0 aliphatic rings. The molecule has 0 spiro atoms. The number of benzene rings is 2. The van der Waals surface area contributed by atoms with E-state index in [-0.39, 0.29) is 29.7 Å². The Morgan fingerprint density at radius 1 is 1.04 bits per heavy atom. The Hall–Kier alpha value is -2.44. The van der Waals surface area contributed by atoms with Crippen molar-refractivity contribution >= 4 is 34.8 Å².